The summed E-state index contributed by atoms with van der Waals surface area (Å²) in [6, 6.07) is 16.2. The van der Waals surface area contributed by atoms with Crippen molar-refractivity contribution in [3.05, 3.63) is 88.4 Å². The highest BCUT2D eigenvalue weighted by molar-refractivity contribution is 6.39. The van der Waals surface area contributed by atoms with Crippen LogP contribution in [-0.4, -0.2) is 76.8 Å². The Morgan fingerprint density at radius 2 is 1.57 bits per heavy atom. The van der Waals surface area contributed by atoms with Crippen molar-refractivity contribution in [3.63, 3.8) is 0 Å². The predicted octanol–water partition coefficient (Wildman–Crippen LogP) is 4.74. The van der Waals surface area contributed by atoms with Gasteiger partial charge in [-0.25, -0.2) is 14.6 Å². The third-order valence-electron chi connectivity index (χ3n) is 7.91. The van der Waals surface area contributed by atoms with Crippen LogP contribution in [0.4, 0.5) is 10.5 Å². The number of amides is 5. The number of rotatable bonds is 10. The Morgan fingerprint density at radius 1 is 0.898 bits per heavy atom. The number of anilines is 1. The lowest BCUT2D eigenvalue weighted by Gasteiger charge is -2.43. The molecule has 2 heterocycles. The van der Waals surface area contributed by atoms with Gasteiger partial charge in [-0.05, 0) is 74.7 Å². The van der Waals surface area contributed by atoms with Crippen molar-refractivity contribution in [2.75, 3.05) is 18.5 Å². The maximum Gasteiger partial charge on any atom is 0.341 e. The average molecular weight is 711 g/mol. The van der Waals surface area contributed by atoms with E-state index in [0.29, 0.717) is 23.6 Å². The van der Waals surface area contributed by atoms with Crippen LogP contribution >= 0.6 is 23.2 Å². The lowest BCUT2D eigenvalue weighted by molar-refractivity contribution is -0.176. The number of hydrogen-bond acceptors (Lipinski definition) is 8. The van der Waals surface area contributed by atoms with Gasteiger partial charge in [0.1, 0.15) is 23.6 Å². The fourth-order valence-electron chi connectivity index (χ4n) is 5.38. The van der Waals surface area contributed by atoms with Crippen LogP contribution in [0.2, 0.25) is 10.0 Å². The number of hydrazine groups is 1. The summed E-state index contributed by atoms with van der Waals surface area (Å²) in [6.07, 6.45) is 0.613. The van der Waals surface area contributed by atoms with Crippen molar-refractivity contribution in [2.45, 2.75) is 50.7 Å². The van der Waals surface area contributed by atoms with Crippen LogP contribution < -0.4 is 20.7 Å². The highest BCUT2D eigenvalue weighted by Gasteiger charge is 2.45. The SMILES string of the molecule is C[C@H](NC(=O)[C@@H]1CCCN2C(=O)CC[C@H](NC(=O)Nc3ccc(Oc4ccccc4)cc3)C(=O)N12)C(=O)COC(=O)c1c(Cl)cccc1Cl. The number of urea groups is 1. The Kier molecular flexibility index (Phi) is 11.4. The Morgan fingerprint density at radius 3 is 2.27 bits per heavy atom. The first-order chi connectivity index (χ1) is 23.5. The molecule has 5 rings (SSSR count). The molecule has 256 valence electrons. The molecule has 0 bridgehead atoms. The number of ether oxygens (including phenoxy) is 2. The number of nitrogens with zero attached hydrogens (tertiary/aromatic N) is 2. The molecule has 3 atom stereocenters. The molecule has 2 saturated heterocycles. The molecule has 0 saturated carbocycles. The molecule has 3 aromatic rings. The van der Waals surface area contributed by atoms with Crippen LogP contribution in [0.3, 0.4) is 0 Å². The Balaban J connectivity index is 1.18. The van der Waals surface area contributed by atoms with Crippen LogP contribution in [0.1, 0.15) is 43.0 Å². The van der Waals surface area contributed by atoms with E-state index in [9.17, 15) is 28.8 Å². The van der Waals surface area contributed by atoms with Gasteiger partial charge in [0.2, 0.25) is 11.8 Å². The molecule has 49 heavy (non-hydrogen) atoms. The highest BCUT2D eigenvalue weighted by Crippen LogP contribution is 2.27. The molecule has 0 aromatic heterocycles. The number of Topliss-reactive ketones (excluding diaryl/α,β-unsaturated/α-hetero) is 1. The van der Waals surface area contributed by atoms with Crippen molar-refractivity contribution in [2.24, 2.45) is 0 Å². The zero-order valence-corrected chi connectivity index (χ0v) is 27.8. The molecule has 2 fully saturated rings. The first kappa shape index (κ1) is 35.2. The van der Waals surface area contributed by atoms with Gasteiger partial charge < -0.3 is 25.4 Å². The number of hydrogen-bond donors (Lipinski definition) is 3. The topological polar surface area (TPSA) is 163 Å². The van der Waals surface area contributed by atoms with E-state index in [-0.39, 0.29) is 47.3 Å². The number of para-hydroxylation sites is 1. The van der Waals surface area contributed by atoms with Crippen molar-refractivity contribution in [1.29, 1.82) is 0 Å². The lowest BCUT2D eigenvalue weighted by atomic mass is 10.0. The Bertz CT molecular complexity index is 1720. The van der Waals surface area contributed by atoms with Crippen LogP contribution in [0, 0.1) is 0 Å². The zero-order valence-electron chi connectivity index (χ0n) is 26.3. The molecule has 3 N–H and O–H groups in total. The van der Waals surface area contributed by atoms with Gasteiger partial charge in [0, 0.05) is 18.7 Å². The highest BCUT2D eigenvalue weighted by atomic mass is 35.5. The second-order valence-electron chi connectivity index (χ2n) is 11.4. The summed E-state index contributed by atoms with van der Waals surface area (Å²) in [6.45, 7) is 0.935. The zero-order chi connectivity index (χ0) is 35.1. The Labute approximate surface area is 291 Å². The standard InChI is InChI=1S/C34H33Cl2N5O8/c1-20(28(42)19-48-33(46)30-24(35)9-5-10-25(30)36)37-31(44)27-11-6-18-40-29(43)17-16-26(32(45)41(27)40)39-34(47)38-21-12-14-23(15-13-21)49-22-7-3-2-4-8-22/h2-5,7-10,12-15,20,26-27H,6,11,16-19H2,1H3,(H,37,44)(H2,38,39,47)/t20-,26-,27-/m0/s1. The van der Waals surface area contributed by atoms with Gasteiger partial charge in [-0.2, -0.15) is 0 Å². The molecule has 13 nitrogen and oxygen atoms in total. The van der Waals surface area contributed by atoms with E-state index in [1.807, 2.05) is 30.3 Å². The number of benzene rings is 3. The molecular weight excluding hydrogens is 677 g/mol. The summed E-state index contributed by atoms with van der Waals surface area (Å²) in [5.41, 5.74) is 0.344. The lowest BCUT2D eigenvalue weighted by Crippen LogP contribution is -2.64. The van der Waals surface area contributed by atoms with Crippen molar-refractivity contribution < 1.29 is 38.2 Å². The molecule has 2 aliphatic heterocycles. The van der Waals surface area contributed by atoms with Crippen LogP contribution in [0.15, 0.2) is 72.8 Å². The summed E-state index contributed by atoms with van der Waals surface area (Å²) in [5.74, 6) is -2.03. The quantitative estimate of drug-likeness (QED) is 0.254. The normalized spacial score (nSPS) is 18.0. The van der Waals surface area contributed by atoms with Crippen molar-refractivity contribution in [1.82, 2.24) is 20.7 Å². The third kappa shape index (κ3) is 8.67. The van der Waals surface area contributed by atoms with Crippen LogP contribution in [0.25, 0.3) is 0 Å². The fraction of sp³-hybridized carbons (Fsp3) is 0.294. The summed E-state index contributed by atoms with van der Waals surface area (Å²) in [7, 11) is 0. The molecule has 15 heteroatoms. The maximum atomic E-state index is 13.8. The number of nitrogens with one attached hydrogen (secondary N) is 3. The summed E-state index contributed by atoms with van der Waals surface area (Å²) >= 11 is 12.1. The van der Waals surface area contributed by atoms with Crippen molar-refractivity contribution >= 4 is 64.4 Å². The number of ketones is 1. The van der Waals surface area contributed by atoms with E-state index < -0.39 is 54.3 Å². The Hall–Kier alpha value is -5.14. The van der Waals surface area contributed by atoms with Crippen LogP contribution in [-0.2, 0) is 23.9 Å². The van der Waals surface area contributed by atoms with Crippen molar-refractivity contribution in [3.8, 4) is 11.5 Å². The number of fused-ring (bicyclic) bond motifs is 1. The molecule has 0 unspecified atom stereocenters. The summed E-state index contributed by atoms with van der Waals surface area (Å²) in [4.78, 5) is 78.4. The predicted molar refractivity (Wildman–Crippen MR) is 179 cm³/mol. The molecule has 0 radical (unpaired) electrons. The first-order valence-electron chi connectivity index (χ1n) is 15.5. The number of esters is 1. The second-order valence-corrected chi connectivity index (χ2v) is 12.2. The monoisotopic (exact) mass is 709 g/mol. The summed E-state index contributed by atoms with van der Waals surface area (Å²) < 4.78 is 10.8. The van der Waals surface area contributed by atoms with Gasteiger partial charge in [0.25, 0.3) is 5.91 Å². The minimum Gasteiger partial charge on any atom is -0.457 e. The largest absolute Gasteiger partial charge is 0.457 e. The fourth-order valence-corrected chi connectivity index (χ4v) is 5.93. The third-order valence-corrected chi connectivity index (χ3v) is 8.54. The minimum absolute atomic E-state index is 0.0198. The second kappa shape index (κ2) is 15.8. The van der Waals surface area contributed by atoms with Gasteiger partial charge >= 0.3 is 12.0 Å². The average Bonchev–Trinajstić information content (AvgIpc) is 3.20. The molecule has 2 aliphatic rings. The van der Waals surface area contributed by atoms with E-state index in [1.54, 1.807) is 30.3 Å². The van der Waals surface area contributed by atoms with E-state index in [1.165, 1.54) is 24.1 Å². The number of halogens is 2. The maximum absolute atomic E-state index is 13.8. The van der Waals surface area contributed by atoms with Gasteiger partial charge in [-0.1, -0.05) is 47.5 Å². The molecule has 3 aromatic carbocycles. The molecule has 0 aliphatic carbocycles. The van der Waals surface area contributed by atoms with Gasteiger partial charge in [0.15, 0.2) is 12.4 Å². The van der Waals surface area contributed by atoms with E-state index in [2.05, 4.69) is 16.0 Å². The molecule has 0 spiro atoms. The molecular formula is C34H33Cl2N5O8. The summed E-state index contributed by atoms with van der Waals surface area (Å²) in [5, 5.41) is 10.3. The van der Waals surface area contributed by atoms with Gasteiger partial charge in [-0.15, -0.1) is 0 Å². The van der Waals surface area contributed by atoms with E-state index in [0.717, 1.165) is 5.01 Å². The van der Waals surface area contributed by atoms with E-state index in [4.69, 9.17) is 32.7 Å². The smallest absolute Gasteiger partial charge is 0.341 e. The first-order valence-corrected chi connectivity index (χ1v) is 16.3. The molecule has 5 amide bonds. The van der Waals surface area contributed by atoms with Gasteiger partial charge in [0.05, 0.1) is 21.7 Å². The van der Waals surface area contributed by atoms with Gasteiger partial charge in [-0.3, -0.25) is 24.2 Å². The van der Waals surface area contributed by atoms with Crippen LogP contribution in [0.5, 0.6) is 11.5 Å². The number of carbonyl (C=O) groups excluding carboxylic acids is 6. The van der Waals surface area contributed by atoms with E-state index >= 15 is 0 Å². The number of carbonyl (C=O) groups is 6. The minimum atomic E-state index is -1.13.